The molecule has 0 saturated carbocycles. The Kier molecular flexibility index (Phi) is 5.92. The number of sulfonamides is 1. The molecule has 0 radical (unpaired) electrons. The zero-order valence-corrected chi connectivity index (χ0v) is 16.4. The largest absolute Gasteiger partial charge is 0.324 e. The Morgan fingerprint density at radius 1 is 1.11 bits per heavy atom. The number of benzene rings is 1. The maximum absolute atomic E-state index is 12.7. The first-order valence-corrected chi connectivity index (χ1v) is 10.6. The number of amides is 1. The van der Waals surface area contributed by atoms with Crippen molar-refractivity contribution >= 4 is 21.6 Å². The Hall–Kier alpha value is -2.25. The fourth-order valence-corrected chi connectivity index (χ4v) is 4.66. The molecule has 1 aliphatic rings. The van der Waals surface area contributed by atoms with Crippen molar-refractivity contribution in [2.45, 2.75) is 37.5 Å². The van der Waals surface area contributed by atoms with Gasteiger partial charge in [-0.3, -0.25) is 9.78 Å². The Morgan fingerprint density at radius 2 is 1.78 bits per heavy atom. The number of pyridine rings is 1. The Bertz CT molecular complexity index is 872. The third kappa shape index (κ3) is 4.54. The van der Waals surface area contributed by atoms with Gasteiger partial charge < -0.3 is 5.32 Å². The van der Waals surface area contributed by atoms with Gasteiger partial charge in [0.1, 0.15) is 0 Å². The molecule has 1 amide bonds. The molecule has 0 bridgehead atoms. The van der Waals surface area contributed by atoms with E-state index in [0.717, 1.165) is 5.69 Å². The van der Waals surface area contributed by atoms with Crippen molar-refractivity contribution in [3.8, 4) is 0 Å². The molecule has 2 aromatic rings. The fraction of sp³-hybridized carbons (Fsp3) is 0.400. The summed E-state index contributed by atoms with van der Waals surface area (Å²) < 4.78 is 26.8. The van der Waals surface area contributed by atoms with E-state index in [0.29, 0.717) is 42.4 Å². The van der Waals surface area contributed by atoms with Gasteiger partial charge in [0.2, 0.25) is 15.9 Å². The van der Waals surface area contributed by atoms with Crippen LogP contribution in [0.3, 0.4) is 0 Å². The Morgan fingerprint density at radius 3 is 2.33 bits per heavy atom. The molecule has 0 aliphatic carbocycles. The molecule has 6 nitrogen and oxygen atoms in total. The lowest BCUT2D eigenvalue weighted by molar-refractivity contribution is -0.120. The fourth-order valence-electron chi connectivity index (χ4n) is 3.16. The van der Waals surface area contributed by atoms with Crippen LogP contribution in [0.15, 0.2) is 53.6 Å². The Labute approximate surface area is 160 Å². The van der Waals surface area contributed by atoms with Gasteiger partial charge in [0, 0.05) is 24.7 Å². The second kappa shape index (κ2) is 8.19. The lowest BCUT2D eigenvalue weighted by atomic mass is 9.97. The predicted octanol–water partition coefficient (Wildman–Crippen LogP) is 3.24. The molecule has 1 N–H and O–H groups in total. The summed E-state index contributed by atoms with van der Waals surface area (Å²) in [6.45, 7) is 4.83. The molecular formula is C20H25N3O3S. The summed E-state index contributed by atoms with van der Waals surface area (Å²) >= 11 is 0. The van der Waals surface area contributed by atoms with Crippen molar-refractivity contribution in [1.82, 2.24) is 9.29 Å². The molecule has 0 atom stereocenters. The monoisotopic (exact) mass is 387 g/mol. The molecule has 144 valence electrons. The van der Waals surface area contributed by atoms with E-state index in [2.05, 4.69) is 24.1 Å². The molecule has 1 saturated heterocycles. The minimum Gasteiger partial charge on any atom is -0.324 e. The van der Waals surface area contributed by atoms with Crippen molar-refractivity contribution in [3.05, 3.63) is 54.4 Å². The lowest BCUT2D eigenvalue weighted by Gasteiger charge is -2.30. The number of carbonyl (C=O) groups excluding carboxylic acids is 1. The molecule has 1 fully saturated rings. The zero-order valence-electron chi connectivity index (χ0n) is 15.6. The second-order valence-corrected chi connectivity index (χ2v) is 9.05. The van der Waals surface area contributed by atoms with Gasteiger partial charge in [-0.15, -0.1) is 0 Å². The molecule has 1 aliphatic heterocycles. The van der Waals surface area contributed by atoms with E-state index < -0.39 is 10.0 Å². The summed E-state index contributed by atoms with van der Waals surface area (Å²) in [6, 6.07) is 12.2. The average Bonchev–Trinajstić information content (AvgIpc) is 2.69. The standard InChI is InChI=1S/C20H25N3O3S/c1-15(2)19-9-8-17(14-21-19)22-20(24)16-10-12-23(13-11-16)27(25,26)18-6-4-3-5-7-18/h3-9,14-16H,10-13H2,1-2H3,(H,22,24). The van der Waals surface area contributed by atoms with E-state index in [1.807, 2.05) is 12.1 Å². The predicted molar refractivity (Wildman–Crippen MR) is 105 cm³/mol. The first-order valence-electron chi connectivity index (χ1n) is 9.20. The van der Waals surface area contributed by atoms with Crippen molar-refractivity contribution in [2.75, 3.05) is 18.4 Å². The molecule has 7 heteroatoms. The highest BCUT2D eigenvalue weighted by Crippen LogP contribution is 2.25. The average molecular weight is 388 g/mol. The smallest absolute Gasteiger partial charge is 0.243 e. The molecule has 1 aromatic heterocycles. The van der Waals surface area contributed by atoms with Crippen LogP contribution in [0.1, 0.15) is 38.3 Å². The number of hydrogen-bond donors (Lipinski definition) is 1. The van der Waals surface area contributed by atoms with E-state index >= 15 is 0 Å². The number of nitrogens with zero attached hydrogens (tertiary/aromatic N) is 2. The van der Waals surface area contributed by atoms with E-state index in [1.165, 1.54) is 4.31 Å². The maximum atomic E-state index is 12.7. The molecule has 0 spiro atoms. The summed E-state index contributed by atoms with van der Waals surface area (Å²) in [5, 5.41) is 2.89. The third-order valence-electron chi connectivity index (χ3n) is 4.85. The van der Waals surface area contributed by atoms with Crippen LogP contribution in [0, 0.1) is 5.92 Å². The van der Waals surface area contributed by atoms with Crippen LogP contribution in [0.4, 0.5) is 5.69 Å². The Balaban J connectivity index is 1.58. The van der Waals surface area contributed by atoms with Crippen molar-refractivity contribution < 1.29 is 13.2 Å². The quantitative estimate of drug-likeness (QED) is 0.854. The second-order valence-electron chi connectivity index (χ2n) is 7.11. The molecular weight excluding hydrogens is 362 g/mol. The van der Waals surface area contributed by atoms with E-state index in [-0.39, 0.29) is 11.8 Å². The number of nitrogens with one attached hydrogen (secondary N) is 1. The molecule has 2 heterocycles. The summed E-state index contributed by atoms with van der Waals surface area (Å²) in [7, 11) is -3.49. The highest BCUT2D eigenvalue weighted by atomic mass is 32.2. The van der Waals surface area contributed by atoms with Crippen molar-refractivity contribution in [3.63, 3.8) is 0 Å². The van der Waals surface area contributed by atoms with Crippen LogP contribution in [-0.2, 0) is 14.8 Å². The van der Waals surface area contributed by atoms with Gasteiger partial charge in [-0.25, -0.2) is 8.42 Å². The first kappa shape index (κ1) is 19.5. The first-order chi connectivity index (χ1) is 12.9. The summed E-state index contributed by atoms with van der Waals surface area (Å²) in [6.07, 6.45) is 2.69. The maximum Gasteiger partial charge on any atom is 0.243 e. The van der Waals surface area contributed by atoms with Gasteiger partial charge in [-0.1, -0.05) is 32.0 Å². The number of rotatable bonds is 5. The van der Waals surface area contributed by atoms with Gasteiger partial charge in [0.15, 0.2) is 0 Å². The number of anilines is 1. The van der Waals surface area contributed by atoms with Crippen LogP contribution < -0.4 is 5.32 Å². The van der Waals surface area contributed by atoms with E-state index in [1.54, 1.807) is 36.5 Å². The number of aromatic nitrogens is 1. The number of piperidine rings is 1. The van der Waals surface area contributed by atoms with Crippen LogP contribution in [0.2, 0.25) is 0 Å². The minimum absolute atomic E-state index is 0.0779. The van der Waals surface area contributed by atoms with E-state index in [9.17, 15) is 13.2 Å². The zero-order chi connectivity index (χ0) is 19.4. The van der Waals surface area contributed by atoms with Gasteiger partial charge >= 0.3 is 0 Å². The van der Waals surface area contributed by atoms with Crippen LogP contribution >= 0.6 is 0 Å². The summed E-state index contributed by atoms with van der Waals surface area (Å²) in [4.78, 5) is 17.2. The van der Waals surface area contributed by atoms with Gasteiger partial charge in [-0.05, 0) is 43.0 Å². The topological polar surface area (TPSA) is 79.4 Å². The van der Waals surface area contributed by atoms with Gasteiger partial charge in [0.25, 0.3) is 0 Å². The normalized spacial score (nSPS) is 16.4. The summed E-state index contributed by atoms with van der Waals surface area (Å²) in [5.41, 5.74) is 1.65. The lowest BCUT2D eigenvalue weighted by Crippen LogP contribution is -2.41. The van der Waals surface area contributed by atoms with Crippen LogP contribution in [-0.4, -0.2) is 36.7 Å². The molecule has 3 rings (SSSR count). The number of hydrogen-bond acceptors (Lipinski definition) is 4. The van der Waals surface area contributed by atoms with Crippen LogP contribution in [0.5, 0.6) is 0 Å². The third-order valence-corrected chi connectivity index (χ3v) is 6.76. The molecule has 1 aromatic carbocycles. The SMILES string of the molecule is CC(C)c1ccc(NC(=O)C2CCN(S(=O)(=O)c3ccccc3)CC2)cn1. The van der Waals surface area contributed by atoms with Crippen molar-refractivity contribution in [2.24, 2.45) is 5.92 Å². The highest BCUT2D eigenvalue weighted by Gasteiger charge is 2.32. The highest BCUT2D eigenvalue weighted by molar-refractivity contribution is 7.89. The minimum atomic E-state index is -3.49. The van der Waals surface area contributed by atoms with Gasteiger partial charge in [-0.2, -0.15) is 4.31 Å². The molecule has 27 heavy (non-hydrogen) atoms. The van der Waals surface area contributed by atoms with E-state index in [4.69, 9.17) is 0 Å². The van der Waals surface area contributed by atoms with Gasteiger partial charge in [0.05, 0.1) is 16.8 Å². The van der Waals surface area contributed by atoms with Crippen molar-refractivity contribution in [1.29, 1.82) is 0 Å². The molecule has 0 unspecified atom stereocenters. The van der Waals surface area contributed by atoms with Crippen LogP contribution in [0.25, 0.3) is 0 Å². The summed E-state index contributed by atoms with van der Waals surface area (Å²) in [5.74, 6) is 0.0634. The number of carbonyl (C=O) groups is 1.